The van der Waals surface area contributed by atoms with Crippen molar-refractivity contribution < 1.29 is 27.3 Å². The number of aromatic nitrogens is 2. The van der Waals surface area contributed by atoms with Crippen LogP contribution in [0.1, 0.15) is 21.0 Å². The molecule has 1 aromatic heterocycles. The van der Waals surface area contributed by atoms with Gasteiger partial charge in [-0.1, -0.05) is 23.4 Å². The molecule has 7 nitrogen and oxygen atoms in total. The van der Waals surface area contributed by atoms with Gasteiger partial charge in [0.25, 0.3) is 5.91 Å². The summed E-state index contributed by atoms with van der Waals surface area (Å²) in [4.78, 5) is 27.6. The Morgan fingerprint density at radius 2 is 1.46 bits per heavy atom. The molecule has 0 radical (unpaired) electrons. The van der Waals surface area contributed by atoms with Crippen molar-refractivity contribution in [2.45, 2.75) is 0 Å². The Kier molecular flexibility index (Phi) is 5.68. The lowest BCUT2D eigenvalue weighted by Crippen LogP contribution is -2.35. The van der Waals surface area contributed by atoms with Gasteiger partial charge in [0.1, 0.15) is 23.0 Å². The second-order valence-corrected chi connectivity index (χ2v) is 5.51. The monoisotopic (exact) mass is 390 g/mol. The highest BCUT2D eigenvalue weighted by Crippen LogP contribution is 2.19. The quantitative estimate of drug-likeness (QED) is 0.630. The average molecular weight is 390 g/mol. The largest absolute Gasteiger partial charge is 0.350 e. The first-order valence-electron chi connectivity index (χ1n) is 8.06. The van der Waals surface area contributed by atoms with Crippen LogP contribution in [0, 0.1) is 17.5 Å². The molecule has 3 aromatic rings. The van der Waals surface area contributed by atoms with Crippen LogP contribution in [-0.2, 0) is 0 Å². The molecule has 0 aliphatic heterocycles. The van der Waals surface area contributed by atoms with Crippen molar-refractivity contribution in [3.63, 3.8) is 0 Å². The lowest BCUT2D eigenvalue weighted by atomic mass is 10.2. The minimum atomic E-state index is -0.993. The molecule has 0 spiro atoms. The minimum absolute atomic E-state index is 0.0714. The third-order valence-corrected chi connectivity index (χ3v) is 3.62. The normalized spacial score (nSPS) is 10.5. The zero-order valence-corrected chi connectivity index (χ0v) is 14.2. The van der Waals surface area contributed by atoms with Gasteiger partial charge in [0.15, 0.2) is 0 Å². The fourth-order valence-electron chi connectivity index (χ4n) is 2.30. The maximum Gasteiger partial charge on any atom is 0.316 e. The number of benzene rings is 2. The fourth-order valence-corrected chi connectivity index (χ4v) is 2.30. The number of amides is 2. The van der Waals surface area contributed by atoms with Crippen LogP contribution >= 0.6 is 0 Å². The molecule has 0 bridgehead atoms. The molecule has 0 aliphatic carbocycles. The Labute approximate surface area is 156 Å². The Hall–Kier alpha value is -3.69. The highest BCUT2D eigenvalue weighted by Gasteiger charge is 2.19. The number of halogens is 3. The summed E-state index contributed by atoms with van der Waals surface area (Å²) in [6.45, 7) is -0.176. The number of hydrogen-bond acceptors (Lipinski definition) is 5. The summed E-state index contributed by atoms with van der Waals surface area (Å²) in [6, 6.07) is 8.78. The van der Waals surface area contributed by atoms with Crippen molar-refractivity contribution in [3.8, 4) is 11.4 Å². The van der Waals surface area contributed by atoms with Gasteiger partial charge in [0, 0.05) is 13.1 Å². The van der Waals surface area contributed by atoms with Crippen LogP contribution in [0.15, 0.2) is 47.0 Å². The maximum atomic E-state index is 13.7. The summed E-state index contributed by atoms with van der Waals surface area (Å²) in [5, 5.41) is 8.20. The van der Waals surface area contributed by atoms with Gasteiger partial charge >= 0.3 is 11.8 Å². The SMILES string of the molecule is O=C(NCCNC(=O)c1c(F)cccc1F)c1nc(-c2ccccc2F)no1. The third-order valence-electron chi connectivity index (χ3n) is 3.62. The van der Waals surface area contributed by atoms with Crippen LogP contribution < -0.4 is 10.6 Å². The molecule has 2 N–H and O–H groups in total. The number of nitrogens with one attached hydrogen (secondary N) is 2. The zero-order chi connectivity index (χ0) is 20.1. The van der Waals surface area contributed by atoms with Crippen LogP contribution in [0.2, 0.25) is 0 Å². The molecule has 3 rings (SSSR count). The number of rotatable bonds is 6. The molecular formula is C18H13F3N4O3. The van der Waals surface area contributed by atoms with Gasteiger partial charge in [-0.25, -0.2) is 13.2 Å². The topological polar surface area (TPSA) is 97.1 Å². The molecule has 28 heavy (non-hydrogen) atoms. The molecule has 0 saturated heterocycles. The molecule has 1 heterocycles. The Bertz CT molecular complexity index is 1000. The van der Waals surface area contributed by atoms with Crippen LogP contribution in [0.4, 0.5) is 13.2 Å². The summed E-state index contributed by atoms with van der Waals surface area (Å²) in [6.07, 6.45) is 0. The number of hydrogen-bond donors (Lipinski definition) is 2. The summed E-state index contributed by atoms with van der Waals surface area (Å²) in [5.41, 5.74) is -0.635. The number of nitrogens with zero attached hydrogens (tertiary/aromatic N) is 2. The first kappa shape index (κ1) is 19.1. The molecule has 2 aromatic carbocycles. The molecule has 0 aliphatic rings. The second kappa shape index (κ2) is 8.33. The highest BCUT2D eigenvalue weighted by molar-refractivity contribution is 5.94. The molecule has 2 amide bonds. The van der Waals surface area contributed by atoms with Crippen molar-refractivity contribution in [2.24, 2.45) is 0 Å². The Morgan fingerprint density at radius 3 is 2.14 bits per heavy atom. The predicted molar refractivity (Wildman–Crippen MR) is 90.7 cm³/mol. The van der Waals surface area contributed by atoms with Gasteiger partial charge in [0.2, 0.25) is 5.82 Å². The van der Waals surface area contributed by atoms with Gasteiger partial charge in [-0.2, -0.15) is 4.98 Å². The third kappa shape index (κ3) is 4.17. The molecule has 144 valence electrons. The molecule has 0 atom stereocenters. The van der Waals surface area contributed by atoms with E-state index in [1.807, 2.05) is 0 Å². The Morgan fingerprint density at radius 1 is 0.857 bits per heavy atom. The molecule has 0 saturated carbocycles. The van der Waals surface area contributed by atoms with E-state index in [-0.39, 0.29) is 24.5 Å². The van der Waals surface area contributed by atoms with Crippen molar-refractivity contribution in [1.29, 1.82) is 0 Å². The van der Waals surface area contributed by atoms with Crippen LogP contribution in [0.3, 0.4) is 0 Å². The van der Waals surface area contributed by atoms with Crippen molar-refractivity contribution in [2.75, 3.05) is 13.1 Å². The second-order valence-electron chi connectivity index (χ2n) is 5.51. The van der Waals surface area contributed by atoms with Crippen molar-refractivity contribution in [3.05, 3.63) is 71.4 Å². The van der Waals surface area contributed by atoms with E-state index in [9.17, 15) is 22.8 Å². The van der Waals surface area contributed by atoms with Gasteiger partial charge in [-0.3, -0.25) is 9.59 Å². The first-order chi connectivity index (χ1) is 13.5. The van der Waals surface area contributed by atoms with E-state index in [4.69, 9.17) is 4.52 Å². The van der Waals surface area contributed by atoms with E-state index in [1.165, 1.54) is 18.2 Å². The van der Waals surface area contributed by atoms with Crippen LogP contribution in [-0.4, -0.2) is 35.0 Å². The van der Waals surface area contributed by atoms with Crippen LogP contribution in [0.5, 0.6) is 0 Å². The highest BCUT2D eigenvalue weighted by atomic mass is 19.1. The van der Waals surface area contributed by atoms with Crippen LogP contribution in [0.25, 0.3) is 11.4 Å². The molecule has 10 heteroatoms. The summed E-state index contributed by atoms with van der Waals surface area (Å²) < 4.78 is 45.5. The van der Waals surface area contributed by atoms with Gasteiger partial charge in [-0.15, -0.1) is 0 Å². The first-order valence-corrected chi connectivity index (χ1v) is 8.06. The summed E-state index contributed by atoms with van der Waals surface area (Å²) in [5.74, 6) is -4.75. The van der Waals surface area contributed by atoms with Gasteiger partial charge in [-0.05, 0) is 24.3 Å². The standard InChI is InChI=1S/C18H13F3N4O3/c19-11-5-2-1-4-10(11)15-24-18(28-25-15)17(27)23-9-8-22-16(26)14-12(20)6-3-7-13(14)21/h1-7H,8-9H2,(H,22,26)(H,23,27). The van der Waals surface area contributed by atoms with E-state index >= 15 is 0 Å². The van der Waals surface area contributed by atoms with E-state index < -0.39 is 40.7 Å². The number of carbonyl (C=O) groups is 2. The van der Waals surface area contributed by atoms with Gasteiger partial charge < -0.3 is 15.2 Å². The fraction of sp³-hybridized carbons (Fsp3) is 0.111. The van der Waals surface area contributed by atoms with E-state index in [2.05, 4.69) is 20.8 Å². The minimum Gasteiger partial charge on any atom is -0.350 e. The predicted octanol–water partition coefficient (Wildman–Crippen LogP) is 2.31. The van der Waals surface area contributed by atoms with Gasteiger partial charge in [0.05, 0.1) is 5.56 Å². The maximum absolute atomic E-state index is 13.7. The smallest absolute Gasteiger partial charge is 0.316 e. The summed E-state index contributed by atoms with van der Waals surface area (Å²) in [7, 11) is 0. The van der Waals surface area contributed by atoms with Crippen molar-refractivity contribution in [1.82, 2.24) is 20.8 Å². The molecular weight excluding hydrogens is 377 g/mol. The lowest BCUT2D eigenvalue weighted by molar-refractivity contribution is 0.0896. The number of carbonyl (C=O) groups excluding carboxylic acids is 2. The molecule has 0 unspecified atom stereocenters. The Balaban J connectivity index is 1.53. The van der Waals surface area contributed by atoms with Crippen molar-refractivity contribution >= 4 is 11.8 Å². The van der Waals surface area contributed by atoms with E-state index in [0.717, 1.165) is 18.2 Å². The molecule has 0 fully saturated rings. The lowest BCUT2D eigenvalue weighted by Gasteiger charge is -2.07. The average Bonchev–Trinajstić information content (AvgIpc) is 3.15. The van der Waals surface area contributed by atoms with E-state index in [0.29, 0.717) is 0 Å². The summed E-state index contributed by atoms with van der Waals surface area (Å²) >= 11 is 0. The van der Waals surface area contributed by atoms with E-state index in [1.54, 1.807) is 6.07 Å². The zero-order valence-electron chi connectivity index (χ0n) is 14.2.